The number of aliphatic hydroxyl groups excluding tert-OH is 2. The summed E-state index contributed by atoms with van der Waals surface area (Å²) < 4.78 is 4.71. The molecule has 0 saturated heterocycles. The summed E-state index contributed by atoms with van der Waals surface area (Å²) in [6, 6.07) is 0. The van der Waals surface area contributed by atoms with Gasteiger partial charge in [-0.15, -0.1) is 0 Å². The molecule has 2 N–H and O–H groups in total. The topological polar surface area (TPSA) is 66.8 Å². The van der Waals surface area contributed by atoms with Gasteiger partial charge < -0.3 is 14.9 Å². The summed E-state index contributed by atoms with van der Waals surface area (Å²) >= 11 is 0. The molecule has 0 rings (SSSR count). The first-order valence-corrected chi connectivity index (χ1v) is 4.14. The van der Waals surface area contributed by atoms with Crippen molar-refractivity contribution < 1.29 is 19.7 Å². The molecular formula is C8H16O4. The van der Waals surface area contributed by atoms with Crippen LogP contribution in [0.1, 0.15) is 19.8 Å². The Morgan fingerprint density at radius 2 is 2.17 bits per heavy atom. The maximum Gasteiger partial charge on any atom is 0.311 e. The number of carbonyl (C=O) groups is 1. The van der Waals surface area contributed by atoms with Crippen molar-refractivity contribution in [1.82, 2.24) is 0 Å². The molecule has 12 heavy (non-hydrogen) atoms. The molecule has 0 spiro atoms. The van der Waals surface area contributed by atoms with Crippen LogP contribution >= 0.6 is 0 Å². The van der Waals surface area contributed by atoms with Crippen molar-refractivity contribution in [2.45, 2.75) is 19.8 Å². The molecule has 0 aliphatic heterocycles. The summed E-state index contributed by atoms with van der Waals surface area (Å²) in [7, 11) is 0. The van der Waals surface area contributed by atoms with Gasteiger partial charge in [-0.2, -0.15) is 0 Å². The highest BCUT2D eigenvalue weighted by molar-refractivity contribution is 5.72. The van der Waals surface area contributed by atoms with Gasteiger partial charge in [-0.3, -0.25) is 4.79 Å². The number of hydrogen-bond acceptors (Lipinski definition) is 4. The minimum absolute atomic E-state index is 0.0376. The minimum Gasteiger partial charge on any atom is -0.466 e. The Morgan fingerprint density at radius 3 is 2.58 bits per heavy atom. The Morgan fingerprint density at radius 1 is 1.50 bits per heavy atom. The fourth-order valence-electron chi connectivity index (χ4n) is 0.881. The predicted molar refractivity (Wildman–Crippen MR) is 43.5 cm³/mol. The Hall–Kier alpha value is -0.610. The monoisotopic (exact) mass is 176 g/mol. The highest BCUT2D eigenvalue weighted by atomic mass is 16.5. The Balaban J connectivity index is 3.71. The molecule has 0 aliphatic carbocycles. The summed E-state index contributed by atoms with van der Waals surface area (Å²) in [6.07, 6.45) is 0.996. The van der Waals surface area contributed by atoms with Crippen molar-refractivity contribution >= 4 is 5.97 Å². The van der Waals surface area contributed by atoms with Crippen molar-refractivity contribution in [3.8, 4) is 0 Å². The number of rotatable bonds is 6. The van der Waals surface area contributed by atoms with E-state index in [0.29, 0.717) is 19.4 Å². The molecule has 0 bridgehead atoms. The average Bonchev–Trinajstić information content (AvgIpc) is 2.06. The van der Waals surface area contributed by atoms with Crippen molar-refractivity contribution in [2.75, 3.05) is 19.8 Å². The molecule has 4 nitrogen and oxygen atoms in total. The third-order valence-corrected chi connectivity index (χ3v) is 1.55. The average molecular weight is 176 g/mol. The van der Waals surface area contributed by atoms with Crippen LogP contribution in [0.25, 0.3) is 0 Å². The van der Waals surface area contributed by atoms with E-state index in [9.17, 15) is 4.79 Å². The fraction of sp³-hybridized carbons (Fsp3) is 0.875. The zero-order chi connectivity index (χ0) is 9.40. The summed E-state index contributed by atoms with van der Waals surface area (Å²) in [4.78, 5) is 11.0. The lowest BCUT2D eigenvalue weighted by atomic mass is 10.1. The molecule has 1 unspecified atom stereocenters. The van der Waals surface area contributed by atoms with E-state index in [1.54, 1.807) is 6.92 Å². The summed E-state index contributed by atoms with van der Waals surface area (Å²) in [5.41, 5.74) is 0. The van der Waals surface area contributed by atoms with Crippen LogP contribution in [-0.2, 0) is 9.53 Å². The first-order valence-electron chi connectivity index (χ1n) is 4.14. The van der Waals surface area contributed by atoms with Crippen LogP contribution in [0.5, 0.6) is 0 Å². The van der Waals surface area contributed by atoms with Gasteiger partial charge in [0, 0.05) is 6.61 Å². The van der Waals surface area contributed by atoms with Crippen molar-refractivity contribution in [3.63, 3.8) is 0 Å². The Kier molecular flexibility index (Phi) is 6.70. The fourth-order valence-corrected chi connectivity index (χ4v) is 0.881. The van der Waals surface area contributed by atoms with Crippen LogP contribution in [0, 0.1) is 5.92 Å². The number of carbonyl (C=O) groups excluding carboxylic acids is 1. The third-order valence-electron chi connectivity index (χ3n) is 1.55. The lowest BCUT2D eigenvalue weighted by molar-refractivity contribution is -0.149. The third kappa shape index (κ3) is 4.31. The number of ether oxygens (including phenoxy) is 1. The minimum atomic E-state index is -0.475. The molecule has 0 amide bonds. The van der Waals surface area contributed by atoms with Crippen LogP contribution in [0.3, 0.4) is 0 Å². The SMILES string of the molecule is CCOC(=O)C(CO)CCCO. The molecule has 4 heteroatoms. The number of aliphatic hydroxyl groups is 2. The van der Waals surface area contributed by atoms with Crippen LogP contribution in [0.4, 0.5) is 0 Å². The molecular weight excluding hydrogens is 160 g/mol. The van der Waals surface area contributed by atoms with Gasteiger partial charge in [0.05, 0.1) is 19.1 Å². The van der Waals surface area contributed by atoms with Gasteiger partial charge in [0.15, 0.2) is 0 Å². The summed E-state index contributed by atoms with van der Waals surface area (Å²) in [5.74, 6) is -0.856. The number of hydrogen-bond donors (Lipinski definition) is 2. The maximum absolute atomic E-state index is 11.0. The quantitative estimate of drug-likeness (QED) is 0.556. The summed E-state index contributed by atoms with van der Waals surface area (Å²) in [6.45, 7) is 1.88. The van der Waals surface area contributed by atoms with Crippen LogP contribution in [0.2, 0.25) is 0 Å². The Bertz CT molecular complexity index is 124. The molecule has 1 atom stereocenters. The molecule has 0 aromatic carbocycles. The largest absolute Gasteiger partial charge is 0.466 e. The second-order valence-corrected chi connectivity index (χ2v) is 2.50. The van der Waals surface area contributed by atoms with E-state index in [4.69, 9.17) is 14.9 Å². The maximum atomic E-state index is 11.0. The van der Waals surface area contributed by atoms with Crippen molar-refractivity contribution in [2.24, 2.45) is 5.92 Å². The zero-order valence-electron chi connectivity index (χ0n) is 7.32. The lowest BCUT2D eigenvalue weighted by Crippen LogP contribution is -2.21. The van der Waals surface area contributed by atoms with Gasteiger partial charge >= 0.3 is 5.97 Å². The van der Waals surface area contributed by atoms with Gasteiger partial charge in [0.25, 0.3) is 0 Å². The Labute approximate surface area is 72.2 Å². The van der Waals surface area contributed by atoms with Crippen molar-refractivity contribution in [1.29, 1.82) is 0 Å². The summed E-state index contributed by atoms with van der Waals surface area (Å²) in [5, 5.41) is 17.3. The van der Waals surface area contributed by atoms with E-state index >= 15 is 0 Å². The lowest BCUT2D eigenvalue weighted by Gasteiger charge is -2.11. The zero-order valence-corrected chi connectivity index (χ0v) is 7.32. The van der Waals surface area contributed by atoms with Gasteiger partial charge in [-0.1, -0.05) is 0 Å². The van der Waals surface area contributed by atoms with Gasteiger partial charge in [0.2, 0.25) is 0 Å². The highest BCUT2D eigenvalue weighted by Crippen LogP contribution is 2.07. The van der Waals surface area contributed by atoms with Crippen LogP contribution < -0.4 is 0 Å². The van der Waals surface area contributed by atoms with E-state index in [1.165, 1.54) is 0 Å². The molecule has 0 aromatic heterocycles. The van der Waals surface area contributed by atoms with Crippen molar-refractivity contribution in [3.05, 3.63) is 0 Å². The van der Waals surface area contributed by atoms with E-state index < -0.39 is 5.92 Å². The number of esters is 1. The smallest absolute Gasteiger partial charge is 0.311 e. The standard InChI is InChI=1S/C8H16O4/c1-2-12-8(11)7(6-10)4-3-5-9/h7,9-10H,2-6H2,1H3. The predicted octanol–water partition coefficient (Wildman–Crippen LogP) is -0.0695. The molecule has 0 radical (unpaired) electrons. The van der Waals surface area contributed by atoms with Crippen LogP contribution in [0.15, 0.2) is 0 Å². The van der Waals surface area contributed by atoms with Gasteiger partial charge in [-0.05, 0) is 19.8 Å². The molecule has 0 saturated carbocycles. The molecule has 0 aliphatic rings. The van der Waals surface area contributed by atoms with Gasteiger partial charge in [-0.25, -0.2) is 0 Å². The van der Waals surface area contributed by atoms with E-state index in [0.717, 1.165) is 0 Å². The molecule has 72 valence electrons. The first kappa shape index (κ1) is 11.4. The van der Waals surface area contributed by atoms with Crippen LogP contribution in [-0.4, -0.2) is 36.0 Å². The molecule has 0 aromatic rings. The van der Waals surface area contributed by atoms with E-state index in [-0.39, 0.29) is 19.2 Å². The molecule has 0 fully saturated rings. The second-order valence-electron chi connectivity index (χ2n) is 2.50. The van der Waals surface area contributed by atoms with E-state index in [2.05, 4.69) is 0 Å². The highest BCUT2D eigenvalue weighted by Gasteiger charge is 2.17. The first-order chi connectivity index (χ1) is 5.76. The normalized spacial score (nSPS) is 12.6. The molecule has 0 heterocycles. The second kappa shape index (κ2) is 7.06. The van der Waals surface area contributed by atoms with Gasteiger partial charge in [0.1, 0.15) is 0 Å². The van der Waals surface area contributed by atoms with E-state index in [1.807, 2.05) is 0 Å².